The highest BCUT2D eigenvalue weighted by Crippen LogP contribution is 2.05. The Morgan fingerprint density at radius 2 is 1.45 bits per heavy atom. The van der Waals surface area contributed by atoms with E-state index in [0.717, 1.165) is 3.57 Å². The summed E-state index contributed by atoms with van der Waals surface area (Å²) >= 11 is -0.727. The first-order chi connectivity index (χ1) is 9.59. The van der Waals surface area contributed by atoms with Crippen molar-refractivity contribution in [3.8, 4) is 9.18 Å². The highest BCUT2D eigenvalue weighted by Gasteiger charge is 2.22. The second-order valence-electron chi connectivity index (χ2n) is 3.74. The normalized spacial score (nSPS) is 10.4. The molecule has 0 amide bonds. The molecule has 0 spiro atoms. The fourth-order valence-electron chi connectivity index (χ4n) is 1.38. The number of halogens is 1. The van der Waals surface area contributed by atoms with Crippen molar-refractivity contribution in [3.63, 3.8) is 0 Å². The topological polar surface area (TPSA) is 51.2 Å². The van der Waals surface area contributed by atoms with Crippen LogP contribution >= 0.6 is 0 Å². The Labute approximate surface area is 128 Å². The van der Waals surface area contributed by atoms with Crippen LogP contribution in [0, 0.1) is 12.7 Å². The minimum absolute atomic E-state index is 0.139. The average molecular weight is 397 g/mol. The Hall–Kier alpha value is -1.65. The van der Waals surface area contributed by atoms with E-state index in [2.05, 4.69) is 9.18 Å². The van der Waals surface area contributed by atoms with Crippen LogP contribution in [0.15, 0.2) is 60.7 Å². The van der Waals surface area contributed by atoms with Gasteiger partial charge >= 0.3 is 21.2 Å². The highest BCUT2D eigenvalue weighted by atomic mass is 127. The monoisotopic (exact) mass is 397 g/mol. The summed E-state index contributed by atoms with van der Waals surface area (Å²) in [6.07, 6.45) is 0. The number of sulfone groups is 1. The number of rotatable bonds is 2. The van der Waals surface area contributed by atoms with Crippen molar-refractivity contribution < 1.29 is 34.4 Å². The molecule has 0 unspecified atom stereocenters. The summed E-state index contributed by atoms with van der Waals surface area (Å²) in [6.45, 7) is 0. The molecule has 5 heteroatoms. The first-order valence-corrected chi connectivity index (χ1v) is 9.29. The van der Waals surface area contributed by atoms with Crippen molar-refractivity contribution in [3.05, 3.63) is 69.8 Å². The quantitative estimate of drug-likeness (QED) is 0.489. The zero-order chi connectivity index (χ0) is 14.4. The van der Waals surface area contributed by atoms with Crippen molar-refractivity contribution in [2.75, 3.05) is 0 Å². The van der Waals surface area contributed by atoms with Gasteiger partial charge in [0.25, 0.3) is 15.0 Å². The summed E-state index contributed by atoms with van der Waals surface area (Å²) in [5.74, 6) is 0. The maximum Gasteiger partial charge on any atom is 0.420 e. The van der Waals surface area contributed by atoms with E-state index < -0.39 is 36.2 Å². The van der Waals surface area contributed by atoms with Crippen molar-refractivity contribution in [2.24, 2.45) is 0 Å². The van der Waals surface area contributed by atoms with E-state index >= 15 is 0 Å². The van der Waals surface area contributed by atoms with Crippen molar-refractivity contribution in [1.82, 2.24) is 0 Å². The summed E-state index contributed by atoms with van der Waals surface area (Å²) < 4.78 is 27.3. The number of hydrogen-bond acceptors (Lipinski definition) is 3. The SMILES string of the molecule is O=C(c1ccccc1)S(=O)(=O)C#C[I+]c1ccccc1. The first-order valence-electron chi connectivity index (χ1n) is 5.65. The van der Waals surface area contributed by atoms with E-state index in [1.54, 1.807) is 18.2 Å². The third kappa shape index (κ3) is 3.92. The van der Waals surface area contributed by atoms with Gasteiger partial charge in [-0.1, -0.05) is 48.5 Å². The third-order valence-corrected chi connectivity index (χ3v) is 5.66. The van der Waals surface area contributed by atoms with Crippen LogP contribution in [-0.4, -0.2) is 13.5 Å². The maximum absolute atomic E-state index is 11.8. The molecular weight excluding hydrogens is 387 g/mol. The van der Waals surface area contributed by atoms with Crippen molar-refractivity contribution >= 4 is 15.0 Å². The lowest BCUT2D eigenvalue weighted by Crippen LogP contribution is -3.59. The van der Waals surface area contributed by atoms with Gasteiger partial charge in [-0.15, -0.1) is 0 Å². The highest BCUT2D eigenvalue weighted by molar-refractivity contribution is 8.10. The molecule has 2 aromatic rings. The van der Waals surface area contributed by atoms with E-state index in [4.69, 9.17) is 0 Å². The van der Waals surface area contributed by atoms with Crippen LogP contribution in [0.5, 0.6) is 0 Å². The van der Waals surface area contributed by atoms with E-state index in [1.807, 2.05) is 30.3 Å². The third-order valence-electron chi connectivity index (χ3n) is 2.32. The van der Waals surface area contributed by atoms with Crippen LogP contribution in [0.2, 0.25) is 0 Å². The van der Waals surface area contributed by atoms with Gasteiger partial charge in [-0.05, 0) is 12.1 Å². The first kappa shape index (κ1) is 14.8. The van der Waals surface area contributed by atoms with Gasteiger partial charge in [0.2, 0.25) is 7.50 Å². The van der Waals surface area contributed by atoms with Gasteiger partial charge in [-0.25, -0.2) is 8.42 Å². The summed E-state index contributed by atoms with van der Waals surface area (Å²) in [7, 11) is -4.06. The van der Waals surface area contributed by atoms with Crippen LogP contribution in [0.3, 0.4) is 0 Å². The maximum atomic E-state index is 11.8. The van der Waals surface area contributed by atoms with Gasteiger partial charge in [0.05, 0.1) is 5.25 Å². The molecule has 0 radical (unpaired) electrons. The number of hydrogen-bond donors (Lipinski definition) is 0. The van der Waals surface area contributed by atoms with Crippen LogP contribution in [0.4, 0.5) is 0 Å². The molecule has 0 fully saturated rings. The predicted octanol–water partition coefficient (Wildman–Crippen LogP) is -0.881. The van der Waals surface area contributed by atoms with Gasteiger partial charge in [0.15, 0.2) is 0 Å². The summed E-state index contributed by atoms with van der Waals surface area (Å²) in [6, 6.07) is 17.3. The number of benzene rings is 2. The van der Waals surface area contributed by atoms with Gasteiger partial charge in [0, 0.05) is 5.56 Å². The van der Waals surface area contributed by atoms with Crippen molar-refractivity contribution in [2.45, 2.75) is 0 Å². The van der Waals surface area contributed by atoms with Crippen LogP contribution < -0.4 is 21.2 Å². The largest absolute Gasteiger partial charge is 0.420 e. The van der Waals surface area contributed by atoms with Gasteiger partial charge in [0.1, 0.15) is 0 Å². The molecule has 20 heavy (non-hydrogen) atoms. The van der Waals surface area contributed by atoms with Crippen LogP contribution in [0.25, 0.3) is 0 Å². The zero-order valence-electron chi connectivity index (χ0n) is 10.3. The van der Waals surface area contributed by atoms with E-state index in [-0.39, 0.29) is 5.56 Å². The fourth-order valence-corrected chi connectivity index (χ4v) is 4.34. The Morgan fingerprint density at radius 3 is 2.05 bits per heavy atom. The summed E-state index contributed by atoms with van der Waals surface area (Å²) in [4.78, 5) is 11.8. The molecule has 0 aliphatic rings. The Bertz CT molecular complexity index is 757. The molecule has 3 nitrogen and oxygen atoms in total. The van der Waals surface area contributed by atoms with Gasteiger partial charge in [-0.3, -0.25) is 4.79 Å². The lowest BCUT2D eigenvalue weighted by Gasteiger charge is -1.94. The molecule has 0 atom stereocenters. The molecule has 2 rings (SSSR count). The number of carbonyl (C=O) groups excluding carboxylic acids is 1. The van der Waals surface area contributed by atoms with E-state index in [1.165, 1.54) is 12.1 Å². The Morgan fingerprint density at radius 1 is 0.900 bits per heavy atom. The molecule has 100 valence electrons. The van der Waals surface area contributed by atoms with Crippen LogP contribution in [0.1, 0.15) is 10.4 Å². The molecule has 0 N–H and O–H groups in total. The molecule has 0 aliphatic heterocycles. The Balaban J connectivity index is 2.15. The number of carbonyl (C=O) groups is 1. The molecule has 0 heterocycles. The molecule has 0 saturated heterocycles. The van der Waals surface area contributed by atoms with E-state index in [9.17, 15) is 13.2 Å². The lowest BCUT2D eigenvalue weighted by atomic mass is 10.2. The molecule has 2 aromatic carbocycles. The molecule has 0 saturated carbocycles. The standard InChI is InChI=1S/C15H10IO3S/c17-15(13-7-3-1-4-8-13)20(18,19)12-11-16-14-9-5-2-6-10-14/h1-10H/q+1. The van der Waals surface area contributed by atoms with E-state index in [0.29, 0.717) is 0 Å². The smallest absolute Gasteiger partial charge is 0.275 e. The Kier molecular flexibility index (Phi) is 4.93. The molecule has 0 aromatic heterocycles. The fraction of sp³-hybridized carbons (Fsp3) is 0. The predicted molar refractivity (Wildman–Crippen MR) is 72.6 cm³/mol. The minimum Gasteiger partial charge on any atom is -0.275 e. The summed E-state index contributed by atoms with van der Waals surface area (Å²) in [5, 5.41) is 1.19. The average Bonchev–Trinajstić information content (AvgIpc) is 2.48. The zero-order valence-corrected chi connectivity index (χ0v) is 13.3. The van der Waals surface area contributed by atoms with Crippen molar-refractivity contribution in [1.29, 1.82) is 0 Å². The molecule has 0 bridgehead atoms. The second kappa shape index (κ2) is 6.68. The van der Waals surface area contributed by atoms with Crippen LogP contribution in [-0.2, 0) is 9.84 Å². The minimum atomic E-state index is -4.06. The van der Waals surface area contributed by atoms with Gasteiger partial charge in [-0.2, -0.15) is 0 Å². The van der Waals surface area contributed by atoms with Gasteiger partial charge < -0.3 is 0 Å². The second-order valence-corrected chi connectivity index (χ2v) is 7.65. The molecular formula is C15H10IO3S+. The summed E-state index contributed by atoms with van der Waals surface area (Å²) in [5.41, 5.74) is 0.139. The molecule has 0 aliphatic carbocycles. The lowest BCUT2D eigenvalue weighted by molar-refractivity contribution is -0.535.